The predicted octanol–water partition coefficient (Wildman–Crippen LogP) is 4.30. The monoisotopic (exact) mass is 504 g/mol. The highest BCUT2D eigenvalue weighted by Gasteiger charge is 2.34. The summed E-state index contributed by atoms with van der Waals surface area (Å²) in [5, 5.41) is 22.9. The smallest absolute Gasteiger partial charge is 0.335 e. The number of fused-ring (bicyclic) bond motifs is 1. The maximum atomic E-state index is 13.3. The predicted molar refractivity (Wildman–Crippen MR) is 133 cm³/mol. The Hall–Kier alpha value is -4.14. The summed E-state index contributed by atoms with van der Waals surface area (Å²) in [5.74, 6) is -0.205. The first-order valence-corrected chi connectivity index (χ1v) is 11.6. The summed E-state index contributed by atoms with van der Waals surface area (Å²) in [6.07, 6.45) is 3.76. The van der Waals surface area contributed by atoms with Crippen molar-refractivity contribution in [3.8, 4) is 28.8 Å². The number of carbonyl (C=O) groups excluding carboxylic acids is 1. The lowest BCUT2D eigenvalue weighted by Crippen LogP contribution is -2.27. The highest BCUT2D eigenvalue weighted by Crippen LogP contribution is 2.39. The minimum absolute atomic E-state index is 0.0596. The lowest BCUT2D eigenvalue weighted by molar-refractivity contribution is -0.113. The van der Waals surface area contributed by atoms with Gasteiger partial charge in [-0.15, -0.1) is 0 Å². The van der Waals surface area contributed by atoms with Crippen molar-refractivity contribution in [2.24, 2.45) is 0 Å². The molecular weight excluding hydrogens is 488 g/mol. The number of rotatable bonds is 6. The number of nitrogens with zero attached hydrogens (tertiary/aromatic N) is 4. The zero-order chi connectivity index (χ0) is 24.5. The highest BCUT2D eigenvalue weighted by molar-refractivity contribution is 8.27. The Labute approximate surface area is 209 Å². The van der Waals surface area contributed by atoms with Crippen LogP contribution in [0.25, 0.3) is 17.3 Å². The highest BCUT2D eigenvalue weighted by atomic mass is 32.2. The fourth-order valence-corrected chi connectivity index (χ4v) is 4.99. The van der Waals surface area contributed by atoms with Crippen molar-refractivity contribution in [3.63, 3.8) is 0 Å². The molecule has 0 atom stereocenters. The van der Waals surface area contributed by atoms with Crippen LogP contribution in [0.4, 0.5) is 5.69 Å². The van der Waals surface area contributed by atoms with Gasteiger partial charge < -0.3 is 14.6 Å². The zero-order valence-corrected chi connectivity index (χ0v) is 19.6. The normalized spacial score (nSPS) is 15.6. The molecule has 35 heavy (non-hydrogen) atoms. The first kappa shape index (κ1) is 22.6. The Morgan fingerprint density at radius 2 is 2.09 bits per heavy atom. The van der Waals surface area contributed by atoms with Gasteiger partial charge in [0.15, 0.2) is 15.8 Å². The van der Waals surface area contributed by atoms with E-state index in [1.807, 2.05) is 12.1 Å². The number of benzene rings is 2. The zero-order valence-electron chi connectivity index (χ0n) is 18.0. The molecule has 1 amide bonds. The van der Waals surface area contributed by atoms with Crippen LogP contribution in [-0.2, 0) is 11.3 Å². The number of carboxylic acids is 1. The molecule has 2 aliphatic heterocycles. The van der Waals surface area contributed by atoms with Gasteiger partial charge in [-0.2, -0.15) is 10.4 Å². The number of anilines is 1. The molecule has 2 aliphatic rings. The van der Waals surface area contributed by atoms with Crippen LogP contribution >= 0.6 is 24.0 Å². The van der Waals surface area contributed by atoms with E-state index in [4.69, 9.17) is 27.0 Å². The van der Waals surface area contributed by atoms with Crippen molar-refractivity contribution >= 4 is 51.9 Å². The summed E-state index contributed by atoms with van der Waals surface area (Å²) in [5.41, 5.74) is 2.49. The average molecular weight is 505 g/mol. The lowest BCUT2D eigenvalue weighted by atomic mass is 10.1. The van der Waals surface area contributed by atoms with Gasteiger partial charge >= 0.3 is 5.97 Å². The van der Waals surface area contributed by atoms with Crippen molar-refractivity contribution in [2.75, 3.05) is 11.7 Å². The molecule has 0 aliphatic carbocycles. The maximum Gasteiger partial charge on any atom is 0.335 e. The summed E-state index contributed by atoms with van der Waals surface area (Å²) < 4.78 is 12.8. The number of ether oxygens (including phenoxy) is 2. The molecule has 5 rings (SSSR count). The molecule has 0 spiro atoms. The van der Waals surface area contributed by atoms with Crippen LogP contribution in [0, 0.1) is 11.3 Å². The SMILES string of the molecule is N#CCCn1cc(C=C2SC(=S)N(c3cccc(C(=O)O)c3)C2=O)c(-c2ccc3c(c2)OCO3)n1. The van der Waals surface area contributed by atoms with E-state index < -0.39 is 5.97 Å². The van der Waals surface area contributed by atoms with Crippen molar-refractivity contribution in [2.45, 2.75) is 13.0 Å². The minimum Gasteiger partial charge on any atom is -0.478 e. The quantitative estimate of drug-likeness (QED) is 0.387. The number of aromatic carboxylic acids is 1. The van der Waals surface area contributed by atoms with Crippen LogP contribution in [0.3, 0.4) is 0 Å². The Balaban J connectivity index is 1.52. The Bertz CT molecular complexity index is 1460. The number of hydrogen-bond donors (Lipinski definition) is 1. The number of amides is 1. The van der Waals surface area contributed by atoms with Gasteiger partial charge in [0.25, 0.3) is 5.91 Å². The molecule has 1 aromatic heterocycles. The largest absolute Gasteiger partial charge is 0.478 e. The topological polar surface area (TPSA) is 118 Å². The third-order valence-corrected chi connectivity index (χ3v) is 6.62. The van der Waals surface area contributed by atoms with Crippen LogP contribution < -0.4 is 14.4 Å². The second-order valence-electron chi connectivity index (χ2n) is 7.54. The molecule has 0 unspecified atom stereocenters. The molecule has 3 heterocycles. The van der Waals surface area contributed by atoms with Crippen LogP contribution in [0.2, 0.25) is 0 Å². The molecule has 1 saturated heterocycles. The van der Waals surface area contributed by atoms with E-state index in [0.29, 0.717) is 44.2 Å². The fourth-order valence-electron chi connectivity index (χ4n) is 3.70. The summed E-state index contributed by atoms with van der Waals surface area (Å²) >= 11 is 6.56. The van der Waals surface area contributed by atoms with Crippen molar-refractivity contribution in [3.05, 3.63) is 64.7 Å². The van der Waals surface area contributed by atoms with Gasteiger partial charge in [-0.25, -0.2) is 4.79 Å². The molecule has 3 aromatic rings. The average Bonchev–Trinajstić information content (AvgIpc) is 3.55. The molecule has 2 aromatic carbocycles. The molecular formula is C24H16N4O5S2. The molecule has 0 radical (unpaired) electrons. The number of hydrogen-bond acceptors (Lipinski definition) is 8. The van der Waals surface area contributed by atoms with Gasteiger partial charge in [0, 0.05) is 17.3 Å². The number of nitriles is 1. The van der Waals surface area contributed by atoms with E-state index in [1.54, 1.807) is 35.2 Å². The lowest BCUT2D eigenvalue weighted by Gasteiger charge is -2.14. The van der Waals surface area contributed by atoms with E-state index in [1.165, 1.54) is 17.0 Å². The van der Waals surface area contributed by atoms with Gasteiger partial charge in [-0.3, -0.25) is 14.4 Å². The molecule has 9 nitrogen and oxygen atoms in total. The second kappa shape index (κ2) is 9.25. The third-order valence-electron chi connectivity index (χ3n) is 5.32. The summed E-state index contributed by atoms with van der Waals surface area (Å²) in [4.78, 5) is 26.3. The van der Waals surface area contributed by atoms with Gasteiger partial charge in [0.1, 0.15) is 0 Å². The molecule has 174 valence electrons. The van der Waals surface area contributed by atoms with Crippen LogP contribution in [0.15, 0.2) is 53.6 Å². The molecule has 1 N–H and O–H groups in total. The van der Waals surface area contributed by atoms with Gasteiger partial charge in [-0.1, -0.05) is 30.0 Å². The number of thioether (sulfide) groups is 1. The van der Waals surface area contributed by atoms with Gasteiger partial charge in [0.2, 0.25) is 6.79 Å². The first-order chi connectivity index (χ1) is 16.9. The summed E-state index contributed by atoms with van der Waals surface area (Å²) in [6, 6.07) is 13.6. The number of thiocarbonyl (C=S) groups is 1. The molecule has 1 fully saturated rings. The van der Waals surface area contributed by atoms with E-state index in [0.717, 1.165) is 17.3 Å². The summed E-state index contributed by atoms with van der Waals surface area (Å²) in [6.45, 7) is 0.540. The minimum atomic E-state index is -1.09. The van der Waals surface area contributed by atoms with Crippen LogP contribution in [0.1, 0.15) is 22.3 Å². The number of carboxylic acid groups (broad SMARTS) is 1. The van der Waals surface area contributed by atoms with E-state index >= 15 is 0 Å². The van der Waals surface area contributed by atoms with Crippen LogP contribution in [-0.4, -0.2) is 37.9 Å². The van der Waals surface area contributed by atoms with Crippen molar-refractivity contribution < 1.29 is 24.2 Å². The Kier molecular flexibility index (Phi) is 5.98. The van der Waals surface area contributed by atoms with Crippen molar-refractivity contribution in [1.29, 1.82) is 5.26 Å². The fraction of sp³-hybridized carbons (Fsp3) is 0.125. The molecule has 11 heteroatoms. The van der Waals surface area contributed by atoms with E-state index in [2.05, 4.69) is 11.2 Å². The Morgan fingerprint density at radius 1 is 1.26 bits per heavy atom. The van der Waals surface area contributed by atoms with E-state index in [-0.39, 0.29) is 24.7 Å². The standard InChI is InChI=1S/C24H16N4O5S2/c25-7-2-8-27-12-16(21(26-27)14-5-6-18-19(10-14)33-13-32-18)11-20-22(29)28(24(34)35-20)17-4-1-3-15(9-17)23(30)31/h1,3-6,9-12H,2,8,13H2,(H,30,31). The second-order valence-corrected chi connectivity index (χ2v) is 9.22. The summed E-state index contributed by atoms with van der Waals surface area (Å²) in [7, 11) is 0. The first-order valence-electron chi connectivity index (χ1n) is 10.4. The third kappa shape index (κ3) is 4.37. The van der Waals surface area contributed by atoms with Crippen molar-refractivity contribution in [1.82, 2.24) is 9.78 Å². The maximum absolute atomic E-state index is 13.3. The molecule has 0 bridgehead atoms. The number of carbonyl (C=O) groups is 2. The number of aryl methyl sites for hydroxylation is 1. The van der Waals surface area contributed by atoms with Crippen LogP contribution in [0.5, 0.6) is 11.5 Å². The Morgan fingerprint density at radius 3 is 2.89 bits per heavy atom. The number of aromatic nitrogens is 2. The van der Waals surface area contributed by atoms with Gasteiger partial charge in [0.05, 0.1) is 40.9 Å². The van der Waals surface area contributed by atoms with E-state index in [9.17, 15) is 14.7 Å². The van der Waals surface area contributed by atoms with Gasteiger partial charge in [-0.05, 0) is 42.5 Å². The molecule has 0 saturated carbocycles.